The third-order valence-electron chi connectivity index (χ3n) is 0.418. The van der Waals surface area contributed by atoms with Crippen molar-refractivity contribution in [1.82, 2.24) is 0 Å². The zero-order valence-electron chi connectivity index (χ0n) is 3.43. The average molecular weight is 106 g/mol. The third kappa shape index (κ3) is 2.11. The minimum atomic E-state index is -1.96. The van der Waals surface area contributed by atoms with Crippen LogP contribution in [0.25, 0.3) is 0 Å². The smallest absolute Gasteiger partial charge is 0.122 e. The molecular formula is C3H4FO3-. The molecule has 0 aliphatic heterocycles. The maximum atomic E-state index is 11.0. The fourth-order valence-corrected chi connectivity index (χ4v) is 0.0630. The Bertz CT molecular complexity index is 72.6. The number of carboxylic acids is 1. The first-order chi connectivity index (χ1) is 3.18. The van der Waals surface area contributed by atoms with Crippen molar-refractivity contribution in [3.8, 4) is 0 Å². The van der Waals surface area contributed by atoms with Gasteiger partial charge in [-0.2, -0.15) is 0 Å². The summed E-state index contributed by atoms with van der Waals surface area (Å²) in [5.74, 6) is -1.78. The summed E-state index contributed by atoms with van der Waals surface area (Å²) in [7, 11) is 0. The van der Waals surface area contributed by atoms with Crippen molar-refractivity contribution in [3.63, 3.8) is 0 Å². The number of aliphatic carboxylic acids is 1. The lowest BCUT2D eigenvalue weighted by molar-refractivity contribution is -0.315. The maximum Gasteiger partial charge on any atom is 0.122 e. The van der Waals surface area contributed by atoms with Crippen molar-refractivity contribution in [2.24, 2.45) is 0 Å². The Morgan fingerprint density at radius 2 is 2.43 bits per heavy atom. The van der Waals surface area contributed by atoms with Gasteiger partial charge in [-0.3, -0.25) is 0 Å². The summed E-state index contributed by atoms with van der Waals surface area (Å²) in [6.45, 7) is -1.29. The number of aliphatic hydroxyl groups excluding tert-OH is 1. The molecule has 0 heterocycles. The van der Waals surface area contributed by atoms with Gasteiger partial charge in [-0.25, -0.2) is 4.39 Å². The Kier molecular flexibility index (Phi) is 2.29. The molecule has 0 rings (SSSR count). The van der Waals surface area contributed by atoms with Crippen LogP contribution >= 0.6 is 0 Å². The number of hydrogen-bond donors (Lipinski definition) is 1. The standard InChI is InChI=1S/C3H5FO3/c4-1-2(5)3(6)7/h2,5H,1H2,(H,6,7)/p-1/i4-1. The van der Waals surface area contributed by atoms with Gasteiger partial charge in [0.05, 0.1) is 5.97 Å². The van der Waals surface area contributed by atoms with Gasteiger partial charge in [-0.1, -0.05) is 0 Å². The van der Waals surface area contributed by atoms with Crippen LogP contribution < -0.4 is 5.11 Å². The predicted molar refractivity (Wildman–Crippen MR) is 17.0 cm³/mol. The van der Waals surface area contributed by atoms with E-state index in [2.05, 4.69) is 0 Å². The molecule has 4 heteroatoms. The number of carbonyl (C=O) groups is 1. The Labute approximate surface area is 39.4 Å². The summed E-state index contributed by atoms with van der Waals surface area (Å²) in [6.07, 6.45) is -1.96. The van der Waals surface area contributed by atoms with Crippen molar-refractivity contribution in [3.05, 3.63) is 0 Å². The van der Waals surface area contributed by atoms with Gasteiger partial charge in [0.15, 0.2) is 0 Å². The predicted octanol–water partition coefficient (Wildman–Crippen LogP) is -1.93. The molecule has 0 saturated heterocycles. The van der Waals surface area contributed by atoms with E-state index < -0.39 is 18.7 Å². The van der Waals surface area contributed by atoms with E-state index in [1.165, 1.54) is 0 Å². The van der Waals surface area contributed by atoms with Crippen LogP contribution in [-0.4, -0.2) is 23.9 Å². The quantitative estimate of drug-likeness (QED) is 0.445. The molecule has 0 amide bonds. The van der Waals surface area contributed by atoms with E-state index in [0.717, 1.165) is 0 Å². The number of carboxylic acid groups (broad SMARTS) is 1. The van der Waals surface area contributed by atoms with Crippen molar-refractivity contribution in [2.75, 3.05) is 6.67 Å². The largest absolute Gasteiger partial charge is 0.547 e. The lowest BCUT2D eigenvalue weighted by atomic mass is 10.4. The van der Waals surface area contributed by atoms with Crippen molar-refractivity contribution < 1.29 is 19.4 Å². The minimum absolute atomic E-state index is 1.29. The number of aliphatic hydroxyl groups is 1. The Morgan fingerprint density at radius 3 is 2.43 bits per heavy atom. The lowest BCUT2D eigenvalue weighted by Gasteiger charge is -2.03. The van der Waals surface area contributed by atoms with Gasteiger partial charge >= 0.3 is 0 Å². The summed E-state index contributed by atoms with van der Waals surface area (Å²) in [4.78, 5) is 9.33. The number of carbonyl (C=O) groups excluding carboxylic acids is 1. The van der Waals surface area contributed by atoms with E-state index in [1.807, 2.05) is 0 Å². The molecule has 1 unspecified atom stereocenters. The van der Waals surface area contributed by atoms with Crippen LogP contribution in [0, 0.1) is 0 Å². The van der Waals surface area contributed by atoms with Crippen LogP contribution in [0.5, 0.6) is 0 Å². The van der Waals surface area contributed by atoms with E-state index in [4.69, 9.17) is 5.11 Å². The zero-order chi connectivity index (χ0) is 5.86. The molecule has 3 nitrogen and oxygen atoms in total. The van der Waals surface area contributed by atoms with E-state index in [1.54, 1.807) is 0 Å². The summed E-state index contributed by atoms with van der Waals surface area (Å²) in [5.41, 5.74) is 0. The summed E-state index contributed by atoms with van der Waals surface area (Å²) < 4.78 is 11.0. The second kappa shape index (κ2) is 2.52. The lowest BCUT2D eigenvalue weighted by Crippen LogP contribution is -2.36. The first-order valence-electron chi connectivity index (χ1n) is 1.63. The minimum Gasteiger partial charge on any atom is -0.547 e. The van der Waals surface area contributed by atoms with Gasteiger partial charge < -0.3 is 15.0 Å². The Hall–Kier alpha value is -0.640. The first-order valence-corrected chi connectivity index (χ1v) is 1.63. The van der Waals surface area contributed by atoms with Crippen LogP contribution in [0.3, 0.4) is 0 Å². The number of hydrogen-bond acceptors (Lipinski definition) is 3. The third-order valence-corrected chi connectivity index (χ3v) is 0.418. The fraction of sp³-hybridized carbons (Fsp3) is 0.667. The SMILES string of the molecule is O=C([O-])C(O)C[18F]. The highest BCUT2D eigenvalue weighted by Crippen LogP contribution is 1.77. The molecule has 0 aliphatic rings. The number of alkyl halides is 1. The molecule has 0 aromatic carbocycles. The van der Waals surface area contributed by atoms with Gasteiger partial charge in [0, 0.05) is 0 Å². The van der Waals surface area contributed by atoms with E-state index in [9.17, 15) is 14.3 Å². The number of rotatable bonds is 2. The zero-order valence-corrected chi connectivity index (χ0v) is 3.43. The molecule has 0 aromatic rings. The molecule has 0 bridgehead atoms. The average Bonchev–Trinajstić information content (AvgIpc) is 1.65. The summed E-state index contributed by atoms with van der Waals surface area (Å²) in [5, 5.41) is 17.2. The Morgan fingerprint density at radius 1 is 2.00 bits per heavy atom. The van der Waals surface area contributed by atoms with Crippen LogP contribution in [0.4, 0.5) is 4.39 Å². The molecular weight excluding hydrogens is 102 g/mol. The molecule has 0 aliphatic carbocycles. The van der Waals surface area contributed by atoms with Gasteiger partial charge in [0.1, 0.15) is 12.8 Å². The summed E-state index contributed by atoms with van der Waals surface area (Å²) in [6, 6.07) is 0. The highest BCUT2D eigenvalue weighted by atomic mass is 18.2. The van der Waals surface area contributed by atoms with Gasteiger partial charge in [-0.05, 0) is 0 Å². The second-order valence-corrected chi connectivity index (χ2v) is 0.989. The van der Waals surface area contributed by atoms with Crippen molar-refractivity contribution in [1.29, 1.82) is 0 Å². The van der Waals surface area contributed by atoms with E-state index in [-0.39, 0.29) is 0 Å². The molecule has 42 valence electrons. The topological polar surface area (TPSA) is 60.4 Å². The van der Waals surface area contributed by atoms with E-state index in [0.29, 0.717) is 0 Å². The van der Waals surface area contributed by atoms with Gasteiger partial charge in [-0.15, -0.1) is 0 Å². The normalized spacial score (nSPS) is 13.4. The first kappa shape index (κ1) is 6.36. The molecule has 0 saturated carbocycles. The molecule has 1 atom stereocenters. The fourth-order valence-electron chi connectivity index (χ4n) is 0.0630. The molecule has 7 heavy (non-hydrogen) atoms. The molecule has 0 spiro atoms. The van der Waals surface area contributed by atoms with Gasteiger partial charge in [0.2, 0.25) is 0 Å². The molecule has 1 N–H and O–H groups in total. The molecule has 0 aromatic heterocycles. The monoisotopic (exact) mass is 106 g/mol. The second-order valence-electron chi connectivity index (χ2n) is 0.989. The van der Waals surface area contributed by atoms with Crippen LogP contribution in [-0.2, 0) is 4.79 Å². The van der Waals surface area contributed by atoms with Gasteiger partial charge in [0.25, 0.3) is 0 Å². The van der Waals surface area contributed by atoms with Crippen molar-refractivity contribution in [2.45, 2.75) is 6.10 Å². The van der Waals surface area contributed by atoms with Crippen LogP contribution in [0.1, 0.15) is 0 Å². The van der Waals surface area contributed by atoms with Crippen LogP contribution in [0.15, 0.2) is 0 Å². The van der Waals surface area contributed by atoms with Crippen molar-refractivity contribution >= 4 is 5.97 Å². The molecule has 0 fully saturated rings. The van der Waals surface area contributed by atoms with E-state index >= 15 is 0 Å². The maximum absolute atomic E-state index is 11.0. The highest BCUT2D eigenvalue weighted by Gasteiger charge is 2.00. The Balaban J connectivity index is 3.34. The molecule has 0 radical (unpaired) electrons. The van der Waals surface area contributed by atoms with Crippen LogP contribution in [0.2, 0.25) is 0 Å². The highest BCUT2D eigenvalue weighted by molar-refractivity contribution is 5.69. The number of halogens is 1. The summed E-state index contributed by atoms with van der Waals surface area (Å²) >= 11 is 0.